The Hall–Kier alpha value is 0.0700. The summed E-state index contributed by atoms with van der Waals surface area (Å²) in [4.78, 5) is 11.8. The number of hydrogen-bond donors (Lipinski definition) is 2. The van der Waals surface area contributed by atoms with Crippen LogP contribution in [0, 0.1) is 0 Å². The van der Waals surface area contributed by atoms with Crippen molar-refractivity contribution in [2.45, 2.75) is 69.7 Å². The highest BCUT2D eigenvalue weighted by Crippen LogP contribution is 2.28. The number of nitrogens with two attached hydrogens (primary N) is 1. The zero-order chi connectivity index (χ0) is 12.7. The molecule has 108 valence electrons. The van der Waals surface area contributed by atoms with E-state index in [4.69, 9.17) is 5.73 Å². The number of thioether (sulfide) groups is 1. The maximum atomic E-state index is 11.8. The molecule has 3 atom stereocenters. The third-order valence-electron chi connectivity index (χ3n) is 3.26. The number of halogens is 1. The van der Waals surface area contributed by atoms with Gasteiger partial charge < -0.3 is 11.1 Å². The molecule has 0 spiro atoms. The van der Waals surface area contributed by atoms with Crippen LogP contribution in [0.25, 0.3) is 0 Å². The standard InChI is InChI=1S/C13H26N2OS.ClH/c1-3-17-12-7-5-4-6-11(12)15-13(16)9-8-10(2)14;/h10-12H,3-9,14H2,1-2H3,(H,15,16);1H. The Morgan fingerprint density at radius 3 is 2.72 bits per heavy atom. The molecule has 3 unspecified atom stereocenters. The van der Waals surface area contributed by atoms with Gasteiger partial charge in [0.1, 0.15) is 0 Å². The van der Waals surface area contributed by atoms with Gasteiger partial charge in [0.15, 0.2) is 0 Å². The summed E-state index contributed by atoms with van der Waals surface area (Å²) in [5, 5.41) is 3.81. The van der Waals surface area contributed by atoms with Gasteiger partial charge in [-0.25, -0.2) is 0 Å². The van der Waals surface area contributed by atoms with Gasteiger partial charge in [-0.2, -0.15) is 11.8 Å². The van der Waals surface area contributed by atoms with Crippen molar-refractivity contribution in [2.75, 3.05) is 5.75 Å². The van der Waals surface area contributed by atoms with E-state index in [1.807, 2.05) is 18.7 Å². The molecule has 5 heteroatoms. The highest BCUT2D eigenvalue weighted by molar-refractivity contribution is 7.99. The number of rotatable bonds is 6. The predicted octanol–water partition coefficient (Wildman–Crippen LogP) is 2.72. The lowest BCUT2D eigenvalue weighted by Gasteiger charge is -2.31. The van der Waals surface area contributed by atoms with Crippen LogP contribution >= 0.6 is 24.2 Å². The molecule has 1 fully saturated rings. The third-order valence-corrected chi connectivity index (χ3v) is 4.58. The molecule has 1 amide bonds. The number of nitrogens with one attached hydrogen (secondary N) is 1. The Labute approximate surface area is 121 Å². The highest BCUT2D eigenvalue weighted by atomic mass is 35.5. The molecular weight excluding hydrogens is 268 g/mol. The normalized spacial score (nSPS) is 25.1. The first-order valence-corrected chi connectivity index (χ1v) is 7.85. The lowest BCUT2D eigenvalue weighted by molar-refractivity contribution is -0.122. The van der Waals surface area contributed by atoms with Crippen molar-refractivity contribution in [3.63, 3.8) is 0 Å². The van der Waals surface area contributed by atoms with E-state index in [0.29, 0.717) is 17.7 Å². The number of carbonyl (C=O) groups excluding carboxylic acids is 1. The number of carbonyl (C=O) groups is 1. The molecule has 1 aliphatic rings. The van der Waals surface area contributed by atoms with Crippen LogP contribution < -0.4 is 11.1 Å². The van der Waals surface area contributed by atoms with Crippen molar-refractivity contribution in [2.24, 2.45) is 5.73 Å². The van der Waals surface area contributed by atoms with Gasteiger partial charge in [-0.3, -0.25) is 4.79 Å². The van der Waals surface area contributed by atoms with E-state index in [0.717, 1.165) is 18.6 Å². The average molecular weight is 295 g/mol. The zero-order valence-corrected chi connectivity index (χ0v) is 13.1. The molecule has 0 saturated heterocycles. The summed E-state index contributed by atoms with van der Waals surface area (Å²) in [6.45, 7) is 4.14. The van der Waals surface area contributed by atoms with Gasteiger partial charge in [0.05, 0.1) is 0 Å². The van der Waals surface area contributed by atoms with E-state index < -0.39 is 0 Å². The minimum absolute atomic E-state index is 0. The average Bonchev–Trinajstić information content (AvgIpc) is 2.29. The fourth-order valence-corrected chi connectivity index (χ4v) is 3.51. The number of amides is 1. The Kier molecular flexibility index (Phi) is 9.97. The predicted molar refractivity (Wildman–Crippen MR) is 82.5 cm³/mol. The molecule has 3 N–H and O–H groups in total. The van der Waals surface area contributed by atoms with Crippen molar-refractivity contribution in [3.8, 4) is 0 Å². The topological polar surface area (TPSA) is 55.1 Å². The van der Waals surface area contributed by atoms with Gasteiger partial charge in [0.2, 0.25) is 5.91 Å². The smallest absolute Gasteiger partial charge is 0.220 e. The van der Waals surface area contributed by atoms with Crippen LogP contribution in [0.1, 0.15) is 52.4 Å². The molecule has 1 saturated carbocycles. The van der Waals surface area contributed by atoms with Gasteiger partial charge in [-0.05, 0) is 31.9 Å². The van der Waals surface area contributed by atoms with E-state index in [1.165, 1.54) is 19.3 Å². The first kappa shape index (κ1) is 18.1. The maximum absolute atomic E-state index is 11.8. The largest absolute Gasteiger partial charge is 0.352 e. The van der Waals surface area contributed by atoms with Crippen LogP contribution in [0.15, 0.2) is 0 Å². The van der Waals surface area contributed by atoms with Crippen LogP contribution in [0.2, 0.25) is 0 Å². The summed E-state index contributed by atoms with van der Waals surface area (Å²) >= 11 is 1.99. The van der Waals surface area contributed by atoms with Crippen LogP contribution in [-0.2, 0) is 4.79 Å². The van der Waals surface area contributed by atoms with E-state index in [9.17, 15) is 4.79 Å². The molecule has 0 bridgehead atoms. The summed E-state index contributed by atoms with van der Waals surface area (Å²) in [7, 11) is 0. The minimum Gasteiger partial charge on any atom is -0.352 e. The SMILES string of the molecule is CCSC1CCCCC1NC(=O)CCC(C)N.Cl. The van der Waals surface area contributed by atoms with Crippen LogP contribution in [0.3, 0.4) is 0 Å². The molecule has 3 nitrogen and oxygen atoms in total. The quantitative estimate of drug-likeness (QED) is 0.792. The Morgan fingerprint density at radius 1 is 1.44 bits per heavy atom. The molecule has 1 rings (SSSR count). The van der Waals surface area contributed by atoms with Gasteiger partial charge in [0, 0.05) is 23.8 Å². The van der Waals surface area contributed by atoms with Crippen molar-refractivity contribution in [1.82, 2.24) is 5.32 Å². The van der Waals surface area contributed by atoms with Gasteiger partial charge >= 0.3 is 0 Å². The second-order valence-corrected chi connectivity index (χ2v) is 6.48. The molecule has 0 aromatic heterocycles. The van der Waals surface area contributed by atoms with Gasteiger partial charge in [-0.1, -0.05) is 19.8 Å². The fraction of sp³-hybridized carbons (Fsp3) is 0.923. The van der Waals surface area contributed by atoms with Gasteiger partial charge in [-0.15, -0.1) is 12.4 Å². The molecule has 0 aliphatic heterocycles. The molecule has 0 radical (unpaired) electrons. The molecule has 18 heavy (non-hydrogen) atoms. The Bertz CT molecular complexity index is 237. The van der Waals surface area contributed by atoms with E-state index in [-0.39, 0.29) is 24.4 Å². The molecule has 0 heterocycles. The van der Waals surface area contributed by atoms with Crippen LogP contribution in [0.4, 0.5) is 0 Å². The third kappa shape index (κ3) is 6.86. The minimum atomic E-state index is 0. The van der Waals surface area contributed by atoms with Crippen molar-refractivity contribution < 1.29 is 4.79 Å². The fourth-order valence-electron chi connectivity index (χ4n) is 2.31. The Morgan fingerprint density at radius 2 is 2.11 bits per heavy atom. The van der Waals surface area contributed by atoms with Crippen molar-refractivity contribution >= 4 is 30.1 Å². The first-order valence-electron chi connectivity index (χ1n) is 6.80. The van der Waals surface area contributed by atoms with Crippen LogP contribution in [0.5, 0.6) is 0 Å². The van der Waals surface area contributed by atoms with Crippen molar-refractivity contribution in [3.05, 3.63) is 0 Å². The Balaban J connectivity index is 0.00000289. The zero-order valence-electron chi connectivity index (χ0n) is 11.5. The van der Waals surface area contributed by atoms with Crippen molar-refractivity contribution in [1.29, 1.82) is 0 Å². The summed E-state index contributed by atoms with van der Waals surface area (Å²) in [5.74, 6) is 1.31. The maximum Gasteiger partial charge on any atom is 0.220 e. The lowest BCUT2D eigenvalue weighted by atomic mass is 9.94. The van der Waals surface area contributed by atoms with E-state index in [2.05, 4.69) is 12.2 Å². The molecular formula is C13H27ClN2OS. The highest BCUT2D eigenvalue weighted by Gasteiger charge is 2.26. The molecule has 1 aliphatic carbocycles. The van der Waals surface area contributed by atoms with E-state index in [1.54, 1.807) is 0 Å². The second kappa shape index (κ2) is 9.93. The lowest BCUT2D eigenvalue weighted by Crippen LogP contribution is -2.44. The second-order valence-electron chi connectivity index (χ2n) is 4.97. The summed E-state index contributed by atoms with van der Waals surface area (Å²) < 4.78 is 0. The first-order chi connectivity index (χ1) is 8.13. The number of hydrogen-bond acceptors (Lipinski definition) is 3. The summed E-state index contributed by atoms with van der Waals surface area (Å²) in [5.41, 5.74) is 5.66. The molecule has 0 aromatic carbocycles. The monoisotopic (exact) mass is 294 g/mol. The van der Waals surface area contributed by atoms with E-state index >= 15 is 0 Å². The molecule has 0 aromatic rings. The van der Waals surface area contributed by atoms with Crippen LogP contribution in [-0.4, -0.2) is 29.0 Å². The summed E-state index contributed by atoms with van der Waals surface area (Å²) in [6.07, 6.45) is 6.29. The summed E-state index contributed by atoms with van der Waals surface area (Å²) in [6, 6.07) is 0.502. The van der Waals surface area contributed by atoms with Gasteiger partial charge in [0.25, 0.3) is 0 Å².